The molecular weight excluding hydrogens is 330 g/mol. The van der Waals surface area contributed by atoms with E-state index in [0.717, 1.165) is 28.1 Å². The first-order chi connectivity index (χ1) is 12.8. The predicted octanol–water partition coefficient (Wildman–Crippen LogP) is 2.85. The third-order valence-electron chi connectivity index (χ3n) is 3.82. The van der Waals surface area contributed by atoms with Gasteiger partial charge in [0, 0.05) is 11.6 Å². The van der Waals surface area contributed by atoms with Crippen molar-refractivity contribution >= 4 is 22.5 Å². The van der Waals surface area contributed by atoms with Crippen LogP contribution in [0.5, 0.6) is 11.5 Å². The van der Waals surface area contributed by atoms with Crippen molar-refractivity contribution in [3.05, 3.63) is 60.8 Å². The standard InChI is InChI=1S/C20H21N3O3/c1-25-16-7-9-17(10-8-16)26-13-12-21-19(24)14-23-18-6-2-4-15-5-3-11-22-20(15)18/h2-11,23H,12-14H2,1H3,(H,21,24). The molecule has 26 heavy (non-hydrogen) atoms. The van der Waals surface area contributed by atoms with E-state index in [2.05, 4.69) is 15.6 Å². The van der Waals surface area contributed by atoms with Crippen molar-refractivity contribution in [3.63, 3.8) is 0 Å². The van der Waals surface area contributed by atoms with E-state index in [1.54, 1.807) is 13.3 Å². The van der Waals surface area contributed by atoms with Crippen LogP contribution in [0.4, 0.5) is 5.69 Å². The predicted molar refractivity (Wildman–Crippen MR) is 102 cm³/mol. The topological polar surface area (TPSA) is 72.5 Å². The smallest absolute Gasteiger partial charge is 0.239 e. The second kappa shape index (κ2) is 8.71. The summed E-state index contributed by atoms with van der Waals surface area (Å²) in [7, 11) is 1.62. The molecule has 0 bridgehead atoms. The van der Waals surface area contributed by atoms with Gasteiger partial charge in [0.25, 0.3) is 0 Å². The lowest BCUT2D eigenvalue weighted by Crippen LogP contribution is -2.33. The van der Waals surface area contributed by atoms with E-state index in [-0.39, 0.29) is 12.5 Å². The highest BCUT2D eigenvalue weighted by Crippen LogP contribution is 2.20. The van der Waals surface area contributed by atoms with Crippen molar-refractivity contribution in [1.29, 1.82) is 0 Å². The Morgan fingerprint density at radius 2 is 1.81 bits per heavy atom. The molecule has 6 nitrogen and oxygen atoms in total. The Morgan fingerprint density at radius 3 is 2.62 bits per heavy atom. The minimum atomic E-state index is -0.101. The van der Waals surface area contributed by atoms with Crippen molar-refractivity contribution in [3.8, 4) is 11.5 Å². The van der Waals surface area contributed by atoms with Gasteiger partial charge in [-0.1, -0.05) is 18.2 Å². The maximum absolute atomic E-state index is 12.0. The maximum atomic E-state index is 12.0. The van der Waals surface area contributed by atoms with Crippen LogP contribution < -0.4 is 20.1 Å². The molecule has 1 aromatic heterocycles. The van der Waals surface area contributed by atoms with Gasteiger partial charge in [0.15, 0.2) is 0 Å². The number of anilines is 1. The van der Waals surface area contributed by atoms with Gasteiger partial charge in [-0.05, 0) is 36.4 Å². The van der Waals surface area contributed by atoms with Crippen LogP contribution in [0.15, 0.2) is 60.8 Å². The Balaban J connectivity index is 1.41. The molecule has 0 saturated heterocycles. The second-order valence-electron chi connectivity index (χ2n) is 5.61. The molecule has 0 aliphatic carbocycles. The van der Waals surface area contributed by atoms with Gasteiger partial charge in [0.05, 0.1) is 31.4 Å². The van der Waals surface area contributed by atoms with Crippen molar-refractivity contribution in [2.24, 2.45) is 0 Å². The van der Waals surface area contributed by atoms with Gasteiger partial charge in [-0.25, -0.2) is 0 Å². The summed E-state index contributed by atoms with van der Waals surface area (Å²) >= 11 is 0. The lowest BCUT2D eigenvalue weighted by Gasteiger charge is -2.10. The number of hydrogen-bond acceptors (Lipinski definition) is 5. The summed E-state index contributed by atoms with van der Waals surface area (Å²) in [5, 5.41) is 6.98. The number of hydrogen-bond donors (Lipinski definition) is 2. The summed E-state index contributed by atoms with van der Waals surface area (Å²) in [6.07, 6.45) is 1.74. The van der Waals surface area contributed by atoms with Gasteiger partial charge in [0.1, 0.15) is 18.1 Å². The summed E-state index contributed by atoms with van der Waals surface area (Å²) in [4.78, 5) is 16.3. The van der Waals surface area contributed by atoms with Crippen LogP contribution in [0.3, 0.4) is 0 Å². The van der Waals surface area contributed by atoms with E-state index < -0.39 is 0 Å². The molecule has 0 spiro atoms. The zero-order valence-electron chi connectivity index (χ0n) is 14.6. The van der Waals surface area contributed by atoms with Gasteiger partial charge in [0.2, 0.25) is 5.91 Å². The van der Waals surface area contributed by atoms with E-state index in [1.807, 2.05) is 54.6 Å². The number of fused-ring (bicyclic) bond motifs is 1. The third kappa shape index (κ3) is 4.63. The summed E-state index contributed by atoms with van der Waals surface area (Å²) in [5.74, 6) is 1.41. The SMILES string of the molecule is COc1ccc(OCCNC(=O)CNc2cccc3cccnc23)cc1. The molecule has 134 valence electrons. The minimum Gasteiger partial charge on any atom is -0.497 e. The summed E-state index contributed by atoms with van der Waals surface area (Å²) in [6, 6.07) is 17.0. The van der Waals surface area contributed by atoms with Crippen LogP contribution in [0.25, 0.3) is 10.9 Å². The third-order valence-corrected chi connectivity index (χ3v) is 3.82. The Bertz CT molecular complexity index is 860. The minimum absolute atomic E-state index is 0.101. The molecule has 0 radical (unpaired) electrons. The summed E-state index contributed by atoms with van der Waals surface area (Å²) in [5.41, 5.74) is 1.69. The molecule has 3 aromatic rings. The van der Waals surface area contributed by atoms with Crippen LogP contribution in [-0.4, -0.2) is 37.7 Å². The van der Waals surface area contributed by atoms with Crippen molar-refractivity contribution < 1.29 is 14.3 Å². The molecule has 2 aromatic carbocycles. The van der Waals surface area contributed by atoms with Crippen LogP contribution in [0.1, 0.15) is 0 Å². The average Bonchev–Trinajstić information content (AvgIpc) is 2.70. The van der Waals surface area contributed by atoms with E-state index in [9.17, 15) is 4.79 Å². The normalized spacial score (nSPS) is 10.3. The molecular formula is C20H21N3O3. The van der Waals surface area contributed by atoms with E-state index >= 15 is 0 Å². The lowest BCUT2D eigenvalue weighted by atomic mass is 10.2. The van der Waals surface area contributed by atoms with Crippen LogP contribution in [0, 0.1) is 0 Å². The van der Waals surface area contributed by atoms with Gasteiger partial charge < -0.3 is 20.1 Å². The number of nitrogens with one attached hydrogen (secondary N) is 2. The van der Waals surface area contributed by atoms with Gasteiger partial charge in [-0.3, -0.25) is 9.78 Å². The number of benzene rings is 2. The Morgan fingerprint density at radius 1 is 1.04 bits per heavy atom. The fourth-order valence-corrected chi connectivity index (χ4v) is 2.52. The van der Waals surface area contributed by atoms with Crippen molar-refractivity contribution in [2.75, 3.05) is 32.1 Å². The highest BCUT2D eigenvalue weighted by Gasteiger charge is 2.04. The number of aromatic nitrogens is 1. The fraction of sp³-hybridized carbons (Fsp3) is 0.200. The molecule has 2 N–H and O–H groups in total. The number of carbonyl (C=O) groups is 1. The van der Waals surface area contributed by atoms with Gasteiger partial charge in [-0.15, -0.1) is 0 Å². The number of carbonyl (C=O) groups excluding carboxylic acids is 1. The van der Waals surface area contributed by atoms with Gasteiger partial charge >= 0.3 is 0 Å². The molecule has 6 heteroatoms. The van der Waals surface area contributed by atoms with Crippen LogP contribution in [-0.2, 0) is 4.79 Å². The number of rotatable bonds is 8. The molecule has 0 unspecified atom stereocenters. The first kappa shape index (κ1) is 17.5. The summed E-state index contributed by atoms with van der Waals surface area (Å²) < 4.78 is 10.7. The largest absolute Gasteiger partial charge is 0.497 e. The molecule has 0 fully saturated rings. The molecule has 1 amide bonds. The van der Waals surface area contributed by atoms with Crippen molar-refractivity contribution in [2.45, 2.75) is 0 Å². The Labute approximate surface area is 152 Å². The molecule has 0 aliphatic rings. The van der Waals surface area contributed by atoms with Crippen LogP contribution in [0.2, 0.25) is 0 Å². The van der Waals surface area contributed by atoms with Gasteiger partial charge in [-0.2, -0.15) is 0 Å². The highest BCUT2D eigenvalue weighted by atomic mass is 16.5. The number of ether oxygens (including phenoxy) is 2. The van der Waals surface area contributed by atoms with Crippen molar-refractivity contribution in [1.82, 2.24) is 10.3 Å². The Hall–Kier alpha value is -3.28. The van der Waals surface area contributed by atoms with E-state index in [0.29, 0.717) is 13.2 Å². The number of para-hydroxylation sites is 1. The maximum Gasteiger partial charge on any atom is 0.239 e. The van der Waals surface area contributed by atoms with E-state index in [4.69, 9.17) is 9.47 Å². The number of methoxy groups -OCH3 is 1. The molecule has 0 saturated carbocycles. The molecule has 3 rings (SSSR count). The average molecular weight is 351 g/mol. The first-order valence-corrected chi connectivity index (χ1v) is 8.37. The molecule has 1 heterocycles. The highest BCUT2D eigenvalue weighted by molar-refractivity contribution is 5.92. The fourth-order valence-electron chi connectivity index (χ4n) is 2.52. The molecule has 0 aliphatic heterocycles. The Kier molecular flexibility index (Phi) is 5.88. The van der Waals surface area contributed by atoms with E-state index in [1.165, 1.54) is 0 Å². The quantitative estimate of drug-likeness (QED) is 0.611. The number of nitrogens with zero attached hydrogens (tertiary/aromatic N) is 1. The summed E-state index contributed by atoms with van der Waals surface area (Å²) in [6.45, 7) is 1.01. The number of pyridine rings is 1. The zero-order valence-corrected chi connectivity index (χ0v) is 14.6. The van der Waals surface area contributed by atoms with Crippen LogP contribution >= 0.6 is 0 Å². The monoisotopic (exact) mass is 351 g/mol. The number of amides is 1. The zero-order chi connectivity index (χ0) is 18.2. The molecule has 0 atom stereocenters. The lowest BCUT2D eigenvalue weighted by molar-refractivity contribution is -0.119. The second-order valence-corrected chi connectivity index (χ2v) is 5.61. The first-order valence-electron chi connectivity index (χ1n) is 8.37.